The maximum absolute atomic E-state index is 12.0. The first-order valence-electron chi connectivity index (χ1n) is 5.76. The van der Waals surface area contributed by atoms with Crippen LogP contribution in [0.3, 0.4) is 0 Å². The zero-order valence-corrected chi connectivity index (χ0v) is 9.70. The number of amides is 1. The van der Waals surface area contributed by atoms with Crippen molar-refractivity contribution in [2.24, 2.45) is 18.2 Å². The van der Waals surface area contributed by atoms with Gasteiger partial charge < -0.3 is 15.6 Å². The van der Waals surface area contributed by atoms with Gasteiger partial charge in [0.25, 0.3) is 0 Å². The van der Waals surface area contributed by atoms with Crippen molar-refractivity contribution in [1.82, 2.24) is 9.88 Å². The van der Waals surface area contributed by atoms with Crippen LogP contribution in [0.1, 0.15) is 25.0 Å². The van der Waals surface area contributed by atoms with Crippen molar-refractivity contribution >= 4 is 5.91 Å². The molecule has 1 aromatic heterocycles. The lowest BCUT2D eigenvalue weighted by atomic mass is 9.68. The van der Waals surface area contributed by atoms with Gasteiger partial charge in [-0.2, -0.15) is 0 Å². The van der Waals surface area contributed by atoms with Gasteiger partial charge in [-0.05, 0) is 25.0 Å². The lowest BCUT2D eigenvalue weighted by Gasteiger charge is -2.39. The van der Waals surface area contributed by atoms with E-state index in [-0.39, 0.29) is 11.3 Å². The highest BCUT2D eigenvalue weighted by molar-refractivity contribution is 5.83. The van der Waals surface area contributed by atoms with E-state index < -0.39 is 0 Å². The zero-order valence-electron chi connectivity index (χ0n) is 9.70. The SMILES string of the molecule is Cn1cccc1CNC(=O)C1(CN)CCC1. The molecule has 0 aliphatic heterocycles. The summed E-state index contributed by atoms with van der Waals surface area (Å²) >= 11 is 0. The number of aryl methyl sites for hydroxylation is 1. The molecule has 1 aliphatic rings. The Morgan fingerprint density at radius 2 is 2.38 bits per heavy atom. The molecule has 4 nitrogen and oxygen atoms in total. The Bertz CT molecular complexity index is 374. The average molecular weight is 221 g/mol. The highest BCUT2D eigenvalue weighted by atomic mass is 16.2. The van der Waals surface area contributed by atoms with Crippen molar-refractivity contribution in [3.63, 3.8) is 0 Å². The van der Waals surface area contributed by atoms with Gasteiger partial charge in [-0.15, -0.1) is 0 Å². The van der Waals surface area contributed by atoms with Crippen LogP contribution < -0.4 is 11.1 Å². The smallest absolute Gasteiger partial charge is 0.227 e. The minimum absolute atomic E-state index is 0.113. The van der Waals surface area contributed by atoms with Gasteiger partial charge in [-0.3, -0.25) is 4.79 Å². The highest BCUT2D eigenvalue weighted by Crippen LogP contribution is 2.39. The summed E-state index contributed by atoms with van der Waals surface area (Å²) in [4.78, 5) is 12.0. The Hall–Kier alpha value is -1.29. The third kappa shape index (κ3) is 1.85. The Balaban J connectivity index is 1.91. The van der Waals surface area contributed by atoms with Crippen LogP contribution in [-0.4, -0.2) is 17.0 Å². The zero-order chi connectivity index (χ0) is 11.6. The molecule has 4 heteroatoms. The summed E-state index contributed by atoms with van der Waals surface area (Å²) in [5.74, 6) is 0.113. The highest BCUT2D eigenvalue weighted by Gasteiger charge is 2.42. The molecular formula is C12H19N3O. The van der Waals surface area contributed by atoms with Crippen LogP contribution in [0, 0.1) is 5.41 Å². The predicted octanol–water partition coefficient (Wildman–Crippen LogP) is 0.770. The minimum atomic E-state index is -0.273. The topological polar surface area (TPSA) is 60.0 Å². The maximum Gasteiger partial charge on any atom is 0.227 e. The summed E-state index contributed by atoms with van der Waals surface area (Å²) < 4.78 is 2.01. The minimum Gasteiger partial charge on any atom is -0.353 e. The number of rotatable bonds is 4. The van der Waals surface area contributed by atoms with Crippen LogP contribution in [0.15, 0.2) is 18.3 Å². The molecule has 0 spiro atoms. The molecule has 1 amide bonds. The number of carbonyl (C=O) groups is 1. The van der Waals surface area contributed by atoms with Gasteiger partial charge >= 0.3 is 0 Å². The maximum atomic E-state index is 12.0. The monoisotopic (exact) mass is 221 g/mol. The molecular weight excluding hydrogens is 202 g/mol. The van der Waals surface area contributed by atoms with Gasteiger partial charge in [0.05, 0.1) is 12.0 Å². The van der Waals surface area contributed by atoms with Crippen LogP contribution in [0.5, 0.6) is 0 Å². The van der Waals surface area contributed by atoms with Gasteiger partial charge in [0.1, 0.15) is 0 Å². The second-order valence-corrected chi connectivity index (χ2v) is 4.63. The Kier molecular flexibility index (Phi) is 3.01. The van der Waals surface area contributed by atoms with Crippen LogP contribution in [0.25, 0.3) is 0 Å². The molecule has 0 bridgehead atoms. The molecule has 1 saturated carbocycles. The quantitative estimate of drug-likeness (QED) is 0.789. The van der Waals surface area contributed by atoms with E-state index >= 15 is 0 Å². The first kappa shape index (κ1) is 11.2. The third-order valence-corrected chi connectivity index (χ3v) is 3.66. The van der Waals surface area contributed by atoms with Crippen molar-refractivity contribution in [1.29, 1.82) is 0 Å². The van der Waals surface area contributed by atoms with E-state index in [1.807, 2.05) is 29.9 Å². The second kappa shape index (κ2) is 4.29. The third-order valence-electron chi connectivity index (χ3n) is 3.66. The van der Waals surface area contributed by atoms with Gasteiger partial charge in [0, 0.05) is 25.5 Å². The summed E-state index contributed by atoms with van der Waals surface area (Å²) in [6, 6.07) is 3.99. The van der Waals surface area contributed by atoms with E-state index in [1.54, 1.807) is 0 Å². The van der Waals surface area contributed by atoms with E-state index in [9.17, 15) is 4.79 Å². The summed E-state index contributed by atoms with van der Waals surface area (Å²) in [7, 11) is 1.98. The molecule has 0 atom stereocenters. The van der Waals surface area contributed by atoms with Crippen LogP contribution in [0.2, 0.25) is 0 Å². The van der Waals surface area contributed by atoms with Gasteiger partial charge in [0.2, 0.25) is 5.91 Å². The molecule has 1 aromatic rings. The molecule has 16 heavy (non-hydrogen) atoms. The molecule has 0 radical (unpaired) electrons. The lowest BCUT2D eigenvalue weighted by Crippen LogP contribution is -2.50. The summed E-state index contributed by atoms with van der Waals surface area (Å²) in [5.41, 5.74) is 6.52. The number of aromatic nitrogens is 1. The van der Waals surface area contributed by atoms with Gasteiger partial charge in [-0.25, -0.2) is 0 Å². The molecule has 1 aliphatic carbocycles. The molecule has 0 aromatic carbocycles. The molecule has 0 unspecified atom stereocenters. The molecule has 1 heterocycles. The lowest BCUT2D eigenvalue weighted by molar-refractivity contribution is -0.135. The summed E-state index contributed by atoms with van der Waals surface area (Å²) in [5, 5.41) is 2.98. The fourth-order valence-electron chi connectivity index (χ4n) is 2.17. The van der Waals surface area contributed by atoms with Crippen molar-refractivity contribution in [2.45, 2.75) is 25.8 Å². The van der Waals surface area contributed by atoms with Crippen molar-refractivity contribution in [3.05, 3.63) is 24.0 Å². The standard InChI is InChI=1S/C12H19N3O/c1-15-7-2-4-10(15)8-14-11(16)12(9-13)5-3-6-12/h2,4,7H,3,5-6,8-9,13H2,1H3,(H,14,16). The summed E-state index contributed by atoms with van der Waals surface area (Å²) in [6.45, 7) is 1.05. The van der Waals surface area contributed by atoms with E-state index in [0.717, 1.165) is 25.0 Å². The number of nitrogens with one attached hydrogen (secondary N) is 1. The van der Waals surface area contributed by atoms with E-state index in [4.69, 9.17) is 5.73 Å². The number of hydrogen-bond acceptors (Lipinski definition) is 2. The normalized spacial score (nSPS) is 17.9. The number of nitrogens with zero attached hydrogens (tertiary/aromatic N) is 1. The molecule has 88 valence electrons. The van der Waals surface area contributed by atoms with Crippen LogP contribution in [-0.2, 0) is 18.4 Å². The summed E-state index contributed by atoms with van der Waals surface area (Å²) in [6.07, 6.45) is 4.96. The molecule has 3 N–H and O–H groups in total. The molecule has 2 rings (SSSR count). The Labute approximate surface area is 95.8 Å². The van der Waals surface area contributed by atoms with Crippen molar-refractivity contribution < 1.29 is 4.79 Å². The van der Waals surface area contributed by atoms with E-state index in [0.29, 0.717) is 13.1 Å². The Morgan fingerprint density at radius 1 is 1.62 bits per heavy atom. The Morgan fingerprint density at radius 3 is 2.81 bits per heavy atom. The van der Waals surface area contributed by atoms with Crippen LogP contribution in [0.4, 0.5) is 0 Å². The largest absolute Gasteiger partial charge is 0.353 e. The number of hydrogen-bond donors (Lipinski definition) is 2. The van der Waals surface area contributed by atoms with E-state index in [1.165, 1.54) is 0 Å². The predicted molar refractivity (Wildman–Crippen MR) is 62.6 cm³/mol. The molecule has 1 fully saturated rings. The van der Waals surface area contributed by atoms with Crippen molar-refractivity contribution in [3.8, 4) is 0 Å². The molecule has 0 saturated heterocycles. The number of nitrogens with two attached hydrogens (primary N) is 1. The first-order valence-corrected chi connectivity index (χ1v) is 5.76. The van der Waals surface area contributed by atoms with Crippen LogP contribution >= 0.6 is 0 Å². The number of carbonyl (C=O) groups excluding carboxylic acids is 1. The van der Waals surface area contributed by atoms with E-state index in [2.05, 4.69) is 5.32 Å². The second-order valence-electron chi connectivity index (χ2n) is 4.63. The van der Waals surface area contributed by atoms with Crippen molar-refractivity contribution in [2.75, 3.05) is 6.54 Å². The first-order chi connectivity index (χ1) is 7.68. The van der Waals surface area contributed by atoms with Gasteiger partial charge in [0.15, 0.2) is 0 Å². The fourth-order valence-corrected chi connectivity index (χ4v) is 2.17. The average Bonchev–Trinajstić information content (AvgIpc) is 2.60. The fraction of sp³-hybridized carbons (Fsp3) is 0.583. The van der Waals surface area contributed by atoms with Gasteiger partial charge in [-0.1, -0.05) is 6.42 Å².